The van der Waals surface area contributed by atoms with Gasteiger partial charge >= 0.3 is 0 Å². The van der Waals surface area contributed by atoms with Crippen molar-refractivity contribution in [2.75, 3.05) is 33.7 Å². The SMILES string of the molecule is CCC([S-])=C([S-])CNCc1ccccc1.CN1C(c2ccccc2)CC([S-])=C([S-])C1c1ccccc1.CN1C(c2ccccc2)CC([S-])=C([S-])C1c1ccccc1.Cc1ccc(C([S-])=C([S-])c2ccc(C)s2)s1.Cc1ccc(C([S-])=C([S-])c2ccc(C)s2)s1.Fc1ccc(C([S-])=C[S-])cc1.Fc1ccc(C([S-])=C[S-])cc1.[Ni].[Ni].[Ni].[Ni].[Ni].[S-]C1=C([S-])CN(Cc2ccccc2)CC1.[S-]C=C([S-])c1cccs1.[S-]C=C([S-])c1cccs1. The molecule has 4 atom stereocenters. The number of thiophene rings is 6. The summed E-state index contributed by atoms with van der Waals surface area (Å²) in [5.74, 6) is -0.526. The Hall–Kier alpha value is -4.07. The zero-order chi connectivity index (χ0) is 105. The Morgan fingerprint density at radius 1 is 0.342 bits per heavy atom. The van der Waals surface area contributed by atoms with E-state index in [0.717, 1.165) is 161 Å². The van der Waals surface area contributed by atoms with E-state index in [1.165, 1.54) is 98.8 Å². The van der Waals surface area contributed by atoms with Crippen molar-refractivity contribution >= 4 is 360 Å². The van der Waals surface area contributed by atoms with Crippen molar-refractivity contribution in [1.82, 2.24) is 20.0 Å². The van der Waals surface area contributed by atoms with Crippen LogP contribution in [0.1, 0.15) is 150 Å². The van der Waals surface area contributed by atoms with E-state index < -0.39 is 0 Å². The molecule has 0 radical (unpaired) electrons. The van der Waals surface area contributed by atoms with Crippen molar-refractivity contribution in [2.45, 2.75) is 97.6 Å². The van der Waals surface area contributed by atoms with Crippen LogP contribution in [0.25, 0.3) is 39.2 Å². The van der Waals surface area contributed by atoms with Gasteiger partial charge in [-0.3, -0.25) is 14.7 Å². The molecular weight excluding hydrogens is 2570 g/mol. The Labute approximate surface area is 1070 Å². The van der Waals surface area contributed by atoms with E-state index in [9.17, 15) is 8.78 Å². The van der Waals surface area contributed by atoms with Crippen molar-refractivity contribution in [1.29, 1.82) is 0 Å². The normalized spacial score (nSPS) is 15.5. The number of allylic oxidation sites excluding steroid dienone is 1. The van der Waals surface area contributed by atoms with Crippen LogP contribution in [0.4, 0.5) is 8.78 Å². The summed E-state index contributed by atoms with van der Waals surface area (Å²) in [6, 6.07) is 99.7. The van der Waals surface area contributed by atoms with E-state index in [4.69, 9.17) is 202 Å². The van der Waals surface area contributed by atoms with Gasteiger partial charge in [0.2, 0.25) is 0 Å². The van der Waals surface area contributed by atoms with Crippen LogP contribution in [-0.2, 0) is 348 Å². The van der Waals surface area contributed by atoms with Crippen LogP contribution in [0.3, 0.4) is 0 Å². The molecule has 9 heterocycles. The average Bonchev–Trinajstić information content (AvgIpc) is 1.44. The number of benzene rings is 8. The third-order valence-corrected chi connectivity index (χ3v) is 36.9. The van der Waals surface area contributed by atoms with Crippen LogP contribution in [0.5, 0.6) is 0 Å². The van der Waals surface area contributed by atoms with Gasteiger partial charge in [0.15, 0.2) is 0 Å². The number of likely N-dealkylation sites (N-methyl/N-ethyl adjacent to an activating group) is 2. The van der Waals surface area contributed by atoms with Crippen LogP contribution in [0.15, 0.2) is 375 Å². The number of nitrogens with zero attached hydrogens (tertiary/aromatic N) is 3. The van der Waals surface area contributed by atoms with Crippen molar-refractivity contribution in [3.05, 3.63) is 480 Å². The minimum atomic E-state index is -0.263. The summed E-state index contributed by atoms with van der Waals surface area (Å²) in [6.45, 7) is 14.8. The molecule has 4 unspecified atom stereocenters. The largest absolute Gasteiger partial charge is 0.789 e. The second-order valence-electron chi connectivity index (χ2n) is 31.7. The van der Waals surface area contributed by atoms with Gasteiger partial charge in [-0.1, -0.05) is 232 Å². The molecule has 1 N–H and O–H groups in total. The van der Waals surface area contributed by atoms with Gasteiger partial charge in [-0.2, -0.15) is 49.1 Å². The first-order valence-electron chi connectivity index (χ1n) is 44.6. The maximum atomic E-state index is 12.4. The van der Waals surface area contributed by atoms with E-state index in [2.05, 4.69) is 294 Å². The van der Waals surface area contributed by atoms with Crippen LogP contribution >= 0.6 is 68.0 Å². The van der Waals surface area contributed by atoms with Crippen molar-refractivity contribution in [2.24, 2.45) is 0 Å². The van der Waals surface area contributed by atoms with Gasteiger partial charge in [0.25, 0.3) is 0 Å². The molecular formula is C112H100F2N4Ni5S26-20. The molecule has 3 aliphatic rings. The Morgan fingerprint density at radius 2 is 0.644 bits per heavy atom. The predicted molar refractivity (Wildman–Crippen MR) is 675 cm³/mol. The molecule has 8 aromatic carbocycles. The third-order valence-electron chi connectivity index (χ3n) is 21.4. The van der Waals surface area contributed by atoms with Gasteiger partial charge in [-0.15, -0.1) is 68.0 Å². The van der Waals surface area contributed by atoms with Gasteiger partial charge in [0.05, 0.1) is 0 Å². The maximum Gasteiger partial charge on any atom is 0.123 e. The molecule has 0 saturated carbocycles. The summed E-state index contributed by atoms with van der Waals surface area (Å²) in [6.07, 6.45) is 3.47. The van der Waals surface area contributed by atoms with Gasteiger partial charge in [0, 0.05) is 175 Å². The Balaban J connectivity index is 0.000000428. The molecule has 17 rings (SSSR count). The van der Waals surface area contributed by atoms with E-state index in [1.54, 1.807) is 92.3 Å². The van der Waals surface area contributed by atoms with Crippen molar-refractivity contribution in [3.63, 3.8) is 0 Å². The molecule has 6 aromatic heterocycles. The van der Waals surface area contributed by atoms with Crippen LogP contribution in [0.2, 0.25) is 0 Å². The summed E-state index contributed by atoms with van der Waals surface area (Å²) in [7, 11) is 4.28. The number of nitrogens with one attached hydrogen (secondary N) is 1. The van der Waals surface area contributed by atoms with E-state index in [1.807, 2.05) is 90.5 Å². The topological polar surface area (TPSA) is 21.8 Å². The first-order valence-corrected chi connectivity index (χ1v) is 58.0. The molecule has 3 aliphatic heterocycles. The summed E-state index contributed by atoms with van der Waals surface area (Å²) in [5.41, 5.74) is 9.21. The molecule has 0 fully saturated rings. The Morgan fingerprint density at radius 3 is 0.919 bits per heavy atom. The standard InChI is InChI=1S/2C18H19NS2.C12H15NS2.C12H17NS2.2C12H12S4.2C8H7FS2.2C6H6S3.5Ni/c2*1-19-15(13-8-4-2-5-9-13)12-16(20)18(21)17(19)14-10-6-3-7-11-14;14-11-6-7-13(9-12(11)15)8-10-4-2-1-3-5-10;1-2-11(14)12(15)9-13-8-10-6-4-3-5-7-10;2*1-7-3-5-9(15-7)11(13)12(14)10-6-4-8(2)16-10;2*9-7-3-1-6(2-4-7)8(11)5-10;2*7-4-5(8)6-2-1-3-9-6;;;;;/h2*2-11,15,17,20-21H,12H2,1H3;1-5,14-15H,6-9H2;3-7,13-15H,2,8-9H2,1H3;2*3-6,13-14H,1-2H3;2*1-5,10-11H;2*1-4,7-8H;;;;;/p-20. The number of hydrogen-bond acceptors (Lipinski definition) is 30. The van der Waals surface area contributed by atoms with E-state index in [-0.39, 0.29) is 118 Å². The number of hydrogen-bond donors (Lipinski definition) is 1. The molecule has 0 bridgehead atoms. The zero-order valence-electron chi connectivity index (χ0n) is 80.8. The molecule has 808 valence electrons. The Bertz CT molecular complexity index is 6110. The first kappa shape index (κ1) is 139. The summed E-state index contributed by atoms with van der Waals surface area (Å²) >= 11 is 113. The van der Waals surface area contributed by atoms with Gasteiger partial charge in [-0.25, -0.2) is 59.8 Å². The molecule has 14 aromatic rings. The van der Waals surface area contributed by atoms with E-state index in [0.29, 0.717) is 16.4 Å². The smallest absolute Gasteiger partial charge is 0.123 e. The Kier molecular flexibility index (Phi) is 70.8. The summed E-state index contributed by atoms with van der Waals surface area (Å²) < 4.78 is 24.7. The fraction of sp³-hybridized carbons (Fsp3) is 0.179. The number of rotatable bonds is 19. The van der Waals surface area contributed by atoms with Crippen LogP contribution < -0.4 is 5.32 Å². The number of aryl methyl sites for hydroxylation is 4. The fourth-order valence-electron chi connectivity index (χ4n) is 13.9. The first-order chi connectivity index (χ1) is 69.2. The van der Waals surface area contributed by atoms with Crippen molar-refractivity contribution in [3.8, 4) is 0 Å². The predicted octanol–water partition coefficient (Wildman–Crippen LogP) is 30.3. The molecule has 0 spiro atoms. The van der Waals surface area contributed by atoms with Crippen LogP contribution in [-0.4, -0.2) is 48.4 Å². The van der Waals surface area contributed by atoms with Crippen molar-refractivity contribution < 1.29 is 91.2 Å². The van der Waals surface area contributed by atoms with Gasteiger partial charge in [0.1, 0.15) is 11.6 Å². The monoisotopic (exact) mass is 2660 g/mol. The van der Waals surface area contributed by atoms with Gasteiger partial charge in [-0.05, 0) is 214 Å². The second kappa shape index (κ2) is 75.8. The minimum Gasteiger partial charge on any atom is -0.789 e. The van der Waals surface area contributed by atoms with Gasteiger partial charge < -0.3 is 258 Å². The quantitative estimate of drug-likeness (QED) is 0.0613. The second-order valence-corrected chi connectivity index (χ2v) is 46.9. The summed E-state index contributed by atoms with van der Waals surface area (Å²) in [4.78, 5) is 31.9. The molecule has 0 amide bonds. The molecule has 149 heavy (non-hydrogen) atoms. The maximum absolute atomic E-state index is 12.4. The van der Waals surface area contributed by atoms with Crippen LogP contribution in [0, 0.1) is 39.3 Å². The third kappa shape index (κ3) is 47.5. The minimum absolute atomic E-state index is 0. The summed E-state index contributed by atoms with van der Waals surface area (Å²) in [5, 5.41) is 13.1. The molecule has 0 aliphatic carbocycles. The fourth-order valence-corrected chi connectivity index (χ4v) is 23.4. The molecule has 4 nitrogen and oxygen atoms in total. The average molecular weight is 2670 g/mol. The molecule has 37 heteroatoms. The zero-order valence-corrected chi connectivity index (χ0v) is 107. The molecule has 0 saturated heterocycles. The number of halogens is 2. The van der Waals surface area contributed by atoms with E-state index >= 15 is 0 Å².